The molecule has 132 valence electrons. The minimum Gasteiger partial charge on any atom is -0.497 e. The van der Waals surface area contributed by atoms with Crippen molar-refractivity contribution in [3.63, 3.8) is 0 Å². The van der Waals surface area contributed by atoms with Gasteiger partial charge in [0, 0.05) is 18.0 Å². The van der Waals surface area contributed by atoms with Gasteiger partial charge in [-0.05, 0) is 29.8 Å². The molecule has 2 amide bonds. The highest BCUT2D eigenvalue weighted by atomic mass is 16.5. The number of benzene rings is 2. The van der Waals surface area contributed by atoms with Gasteiger partial charge >= 0.3 is 0 Å². The lowest BCUT2D eigenvalue weighted by Gasteiger charge is -2.16. The molecule has 1 atom stereocenters. The van der Waals surface area contributed by atoms with Crippen LogP contribution in [0, 0.1) is 0 Å². The van der Waals surface area contributed by atoms with Gasteiger partial charge < -0.3 is 15.8 Å². The monoisotopic (exact) mass is 349 g/mol. The second kappa shape index (κ2) is 7.65. The maximum absolute atomic E-state index is 12.5. The summed E-state index contributed by atoms with van der Waals surface area (Å²) in [7, 11) is 1.57. The van der Waals surface area contributed by atoms with Crippen LogP contribution in [0.15, 0.2) is 60.8 Å². The molecule has 6 heteroatoms. The zero-order valence-corrected chi connectivity index (χ0v) is 14.3. The van der Waals surface area contributed by atoms with Crippen LogP contribution < -0.4 is 15.8 Å². The number of amides is 2. The number of carbonyl (C=O) groups is 2. The van der Waals surface area contributed by atoms with Crippen molar-refractivity contribution in [2.24, 2.45) is 5.73 Å². The average molecular weight is 349 g/mol. The molecule has 2 aromatic carbocycles. The van der Waals surface area contributed by atoms with Crippen LogP contribution in [0.5, 0.6) is 5.75 Å². The van der Waals surface area contributed by atoms with Crippen LogP contribution in [0.2, 0.25) is 0 Å². The van der Waals surface area contributed by atoms with Gasteiger partial charge in [-0.15, -0.1) is 0 Å². The van der Waals surface area contributed by atoms with E-state index in [9.17, 15) is 9.59 Å². The van der Waals surface area contributed by atoms with Crippen LogP contribution in [0.1, 0.15) is 15.9 Å². The molecule has 0 radical (unpaired) electrons. The van der Waals surface area contributed by atoms with E-state index in [-0.39, 0.29) is 6.42 Å². The Morgan fingerprint density at radius 3 is 2.73 bits per heavy atom. The number of methoxy groups -OCH3 is 1. The SMILES string of the molecule is COc1cccc(C[C@@H](NC(=O)c2cnc3ccccc3c2)C(N)=O)c1. The Labute approximate surface area is 151 Å². The molecular weight excluding hydrogens is 330 g/mol. The minimum atomic E-state index is -0.832. The molecule has 26 heavy (non-hydrogen) atoms. The molecule has 6 nitrogen and oxygen atoms in total. The Kier molecular flexibility index (Phi) is 5.12. The number of para-hydroxylation sites is 1. The molecule has 0 aliphatic heterocycles. The van der Waals surface area contributed by atoms with Gasteiger partial charge in [0.25, 0.3) is 5.91 Å². The quantitative estimate of drug-likeness (QED) is 0.712. The highest BCUT2D eigenvalue weighted by Crippen LogP contribution is 2.15. The third kappa shape index (κ3) is 3.97. The first kappa shape index (κ1) is 17.4. The van der Waals surface area contributed by atoms with E-state index in [4.69, 9.17) is 10.5 Å². The van der Waals surface area contributed by atoms with Crippen molar-refractivity contribution < 1.29 is 14.3 Å². The van der Waals surface area contributed by atoms with Crippen LogP contribution in [0.4, 0.5) is 0 Å². The maximum atomic E-state index is 12.5. The van der Waals surface area contributed by atoms with Gasteiger partial charge in [0.2, 0.25) is 5.91 Å². The van der Waals surface area contributed by atoms with Gasteiger partial charge in [0.15, 0.2) is 0 Å². The predicted molar refractivity (Wildman–Crippen MR) is 98.9 cm³/mol. The zero-order chi connectivity index (χ0) is 18.5. The largest absolute Gasteiger partial charge is 0.497 e. The van der Waals surface area contributed by atoms with Crippen molar-refractivity contribution in [2.75, 3.05) is 7.11 Å². The molecule has 0 saturated heterocycles. The van der Waals surface area contributed by atoms with E-state index in [0.717, 1.165) is 16.5 Å². The highest BCUT2D eigenvalue weighted by molar-refractivity contribution is 5.99. The summed E-state index contributed by atoms with van der Waals surface area (Å²) in [6, 6.07) is 15.7. The molecule has 1 aromatic heterocycles. The minimum absolute atomic E-state index is 0.277. The average Bonchev–Trinajstić information content (AvgIpc) is 2.67. The van der Waals surface area contributed by atoms with Gasteiger partial charge in [0.1, 0.15) is 11.8 Å². The van der Waals surface area contributed by atoms with Gasteiger partial charge in [-0.1, -0.05) is 30.3 Å². The lowest BCUT2D eigenvalue weighted by Crippen LogP contribution is -2.45. The smallest absolute Gasteiger partial charge is 0.253 e. The molecule has 0 saturated carbocycles. The summed E-state index contributed by atoms with van der Waals surface area (Å²) >= 11 is 0. The van der Waals surface area contributed by atoms with E-state index in [1.54, 1.807) is 19.2 Å². The standard InChI is InChI=1S/C20H19N3O3/c1-26-16-7-4-5-13(9-16)10-18(19(21)24)23-20(25)15-11-14-6-2-3-8-17(14)22-12-15/h2-9,11-12,18H,10H2,1H3,(H2,21,24)(H,23,25)/t18-/m1/s1. The molecular formula is C20H19N3O3. The van der Waals surface area contributed by atoms with Crippen molar-refractivity contribution in [1.29, 1.82) is 0 Å². The van der Waals surface area contributed by atoms with Crippen molar-refractivity contribution in [3.8, 4) is 5.75 Å². The summed E-state index contributed by atoms with van der Waals surface area (Å²) in [5, 5.41) is 3.54. The van der Waals surface area contributed by atoms with Gasteiger partial charge in [-0.2, -0.15) is 0 Å². The first-order valence-corrected chi connectivity index (χ1v) is 8.14. The number of nitrogens with one attached hydrogen (secondary N) is 1. The molecule has 3 N–H and O–H groups in total. The first-order chi connectivity index (χ1) is 12.6. The summed E-state index contributed by atoms with van der Waals surface area (Å²) in [5.74, 6) is -0.319. The van der Waals surface area contributed by atoms with Crippen LogP contribution in [-0.2, 0) is 11.2 Å². The molecule has 0 aliphatic rings. The number of hydrogen-bond donors (Lipinski definition) is 2. The second-order valence-corrected chi connectivity index (χ2v) is 5.90. The Balaban J connectivity index is 1.77. The lowest BCUT2D eigenvalue weighted by molar-refractivity contribution is -0.119. The van der Waals surface area contributed by atoms with Crippen molar-refractivity contribution in [3.05, 3.63) is 71.9 Å². The van der Waals surface area contributed by atoms with E-state index >= 15 is 0 Å². The topological polar surface area (TPSA) is 94.3 Å². The summed E-state index contributed by atoms with van der Waals surface area (Å²) in [5.41, 5.74) is 7.48. The maximum Gasteiger partial charge on any atom is 0.253 e. The number of primary amides is 1. The van der Waals surface area contributed by atoms with E-state index < -0.39 is 17.9 Å². The van der Waals surface area contributed by atoms with E-state index in [1.165, 1.54) is 6.20 Å². The van der Waals surface area contributed by atoms with Gasteiger partial charge in [-0.3, -0.25) is 14.6 Å². The number of aromatic nitrogens is 1. The number of hydrogen-bond acceptors (Lipinski definition) is 4. The Morgan fingerprint density at radius 1 is 1.15 bits per heavy atom. The van der Waals surface area contributed by atoms with Crippen molar-refractivity contribution in [2.45, 2.75) is 12.5 Å². The molecule has 0 bridgehead atoms. The fraction of sp³-hybridized carbons (Fsp3) is 0.150. The predicted octanol–water partition coefficient (Wildman–Crippen LogP) is 2.07. The Hall–Kier alpha value is -3.41. The van der Waals surface area contributed by atoms with Crippen LogP contribution in [-0.4, -0.2) is 29.9 Å². The summed E-state index contributed by atoms with van der Waals surface area (Å²) in [6.07, 6.45) is 1.76. The van der Waals surface area contributed by atoms with Crippen LogP contribution >= 0.6 is 0 Å². The fourth-order valence-corrected chi connectivity index (χ4v) is 2.69. The first-order valence-electron chi connectivity index (χ1n) is 8.14. The van der Waals surface area contributed by atoms with Gasteiger partial charge in [0.05, 0.1) is 18.2 Å². The van der Waals surface area contributed by atoms with E-state index in [0.29, 0.717) is 11.3 Å². The van der Waals surface area contributed by atoms with Crippen LogP contribution in [0.3, 0.4) is 0 Å². The van der Waals surface area contributed by atoms with Crippen molar-refractivity contribution in [1.82, 2.24) is 10.3 Å². The molecule has 1 heterocycles. The van der Waals surface area contributed by atoms with Crippen molar-refractivity contribution >= 4 is 22.7 Å². The fourth-order valence-electron chi connectivity index (χ4n) is 2.69. The van der Waals surface area contributed by atoms with Crippen LogP contribution in [0.25, 0.3) is 10.9 Å². The summed E-state index contributed by atoms with van der Waals surface area (Å²) in [6.45, 7) is 0. The molecule has 0 unspecified atom stereocenters. The second-order valence-electron chi connectivity index (χ2n) is 5.90. The normalized spacial score (nSPS) is 11.7. The number of fused-ring (bicyclic) bond motifs is 1. The molecule has 0 fully saturated rings. The number of rotatable bonds is 6. The third-order valence-corrected chi connectivity index (χ3v) is 4.08. The lowest BCUT2D eigenvalue weighted by atomic mass is 10.0. The molecule has 3 aromatic rings. The Bertz CT molecular complexity index is 956. The summed E-state index contributed by atoms with van der Waals surface area (Å²) < 4.78 is 5.18. The molecule has 0 spiro atoms. The van der Waals surface area contributed by atoms with E-state index in [2.05, 4.69) is 10.3 Å². The molecule has 3 rings (SSSR count). The number of nitrogens with zero attached hydrogens (tertiary/aromatic N) is 1. The third-order valence-electron chi connectivity index (χ3n) is 4.08. The number of ether oxygens (including phenoxy) is 1. The number of carbonyl (C=O) groups excluding carboxylic acids is 2. The highest BCUT2D eigenvalue weighted by Gasteiger charge is 2.20. The number of nitrogens with two attached hydrogens (primary N) is 1. The van der Waals surface area contributed by atoms with E-state index in [1.807, 2.05) is 42.5 Å². The Morgan fingerprint density at radius 2 is 1.96 bits per heavy atom. The molecule has 0 aliphatic carbocycles. The number of pyridine rings is 1. The van der Waals surface area contributed by atoms with Gasteiger partial charge in [-0.25, -0.2) is 0 Å². The zero-order valence-electron chi connectivity index (χ0n) is 14.3. The summed E-state index contributed by atoms with van der Waals surface area (Å²) in [4.78, 5) is 28.6.